The molecule has 0 saturated heterocycles. The molecular weight excluding hydrogens is 350 g/mol. The predicted molar refractivity (Wildman–Crippen MR) is 127 cm³/mol. The van der Waals surface area contributed by atoms with Crippen LogP contribution in [0.1, 0.15) is 72.4 Å². The van der Waals surface area contributed by atoms with Crippen molar-refractivity contribution in [3.05, 3.63) is 59.7 Å². The second-order valence-electron chi connectivity index (χ2n) is 11.3. The van der Waals surface area contributed by atoms with Crippen molar-refractivity contribution in [2.45, 2.75) is 77.7 Å². The minimum atomic E-state index is -0.00306. The maximum atomic E-state index is 2.65. The van der Waals surface area contributed by atoms with Crippen molar-refractivity contribution in [3.8, 4) is 0 Å². The first-order chi connectivity index (χ1) is 13.5. The Morgan fingerprint density at radius 3 is 2.03 bits per heavy atom. The van der Waals surface area contributed by atoms with E-state index >= 15 is 0 Å². The van der Waals surface area contributed by atoms with Gasteiger partial charge in [0.2, 0.25) is 0 Å². The molecule has 0 bridgehead atoms. The minimum Gasteiger partial charge on any atom is -0.334 e. The van der Waals surface area contributed by atoms with Gasteiger partial charge in [-0.1, -0.05) is 76.2 Å². The highest BCUT2D eigenvalue weighted by molar-refractivity contribution is 6.18. The Kier molecular flexibility index (Phi) is 3.65. The van der Waals surface area contributed by atoms with Gasteiger partial charge in [-0.05, 0) is 61.0 Å². The van der Waals surface area contributed by atoms with E-state index in [9.17, 15) is 0 Å². The lowest BCUT2D eigenvalue weighted by Gasteiger charge is -2.43. The minimum absolute atomic E-state index is 0.00306. The zero-order valence-corrected chi connectivity index (χ0v) is 19.0. The van der Waals surface area contributed by atoms with Crippen molar-refractivity contribution in [2.24, 2.45) is 0 Å². The maximum absolute atomic E-state index is 2.65. The van der Waals surface area contributed by atoms with Crippen molar-refractivity contribution < 1.29 is 0 Å². The molecule has 0 aliphatic heterocycles. The lowest BCUT2D eigenvalue weighted by Crippen LogP contribution is -2.35. The number of fused-ring (bicyclic) bond motifs is 7. The first-order valence-corrected chi connectivity index (χ1v) is 11.0. The number of hydrogen-bond acceptors (Lipinski definition) is 0. The van der Waals surface area contributed by atoms with Gasteiger partial charge in [-0.15, -0.1) is 0 Å². The van der Waals surface area contributed by atoms with Gasteiger partial charge in [0.1, 0.15) is 0 Å². The molecule has 0 saturated carbocycles. The maximum Gasteiger partial charge on any atom is 0.0576 e. The van der Waals surface area contributed by atoms with Gasteiger partial charge in [-0.3, -0.25) is 0 Å². The molecule has 0 unspecified atom stereocenters. The normalized spacial score (nSPS) is 18.4. The van der Waals surface area contributed by atoms with Crippen LogP contribution in [0.4, 0.5) is 0 Å². The van der Waals surface area contributed by atoms with E-state index in [4.69, 9.17) is 0 Å². The quantitative estimate of drug-likeness (QED) is 0.289. The van der Waals surface area contributed by atoms with Crippen LogP contribution in [0.25, 0.3) is 32.6 Å². The second kappa shape index (κ2) is 5.65. The van der Waals surface area contributed by atoms with Gasteiger partial charge < -0.3 is 4.57 Å². The van der Waals surface area contributed by atoms with Crippen molar-refractivity contribution in [2.75, 3.05) is 0 Å². The van der Waals surface area contributed by atoms with Gasteiger partial charge in [0, 0.05) is 21.7 Å². The zero-order chi connectivity index (χ0) is 20.8. The second-order valence-corrected chi connectivity index (χ2v) is 11.3. The SMILES string of the molecule is CC1(C)CCC(C)(C)c2c1ccc1c3ccc4ccccc4c3n(C(C)(C)C)c21. The number of nitrogens with zero attached hydrogens (tertiary/aromatic N) is 1. The van der Waals surface area contributed by atoms with Crippen LogP contribution in [0.3, 0.4) is 0 Å². The fourth-order valence-corrected chi connectivity index (χ4v) is 5.67. The molecule has 0 N–H and O–H groups in total. The molecule has 3 aromatic carbocycles. The highest BCUT2D eigenvalue weighted by Crippen LogP contribution is 2.51. The summed E-state index contributed by atoms with van der Waals surface area (Å²) >= 11 is 0. The van der Waals surface area contributed by atoms with Crippen molar-refractivity contribution in [3.63, 3.8) is 0 Å². The third-order valence-corrected chi connectivity index (χ3v) is 7.27. The van der Waals surface area contributed by atoms with Crippen LogP contribution in [-0.2, 0) is 16.4 Å². The van der Waals surface area contributed by atoms with Gasteiger partial charge >= 0.3 is 0 Å². The van der Waals surface area contributed by atoms with E-state index in [1.807, 2.05) is 0 Å². The Hall–Kier alpha value is -2.28. The molecule has 0 radical (unpaired) electrons. The Labute approximate surface area is 174 Å². The fourth-order valence-electron chi connectivity index (χ4n) is 5.67. The lowest BCUT2D eigenvalue weighted by molar-refractivity contribution is 0.331. The predicted octanol–water partition coefficient (Wildman–Crippen LogP) is 8.05. The van der Waals surface area contributed by atoms with E-state index < -0.39 is 0 Å². The number of benzene rings is 3. The third kappa shape index (κ3) is 2.52. The van der Waals surface area contributed by atoms with E-state index in [1.54, 1.807) is 11.1 Å². The number of rotatable bonds is 0. The van der Waals surface area contributed by atoms with Crippen LogP contribution in [0.2, 0.25) is 0 Å². The van der Waals surface area contributed by atoms with Gasteiger partial charge in [-0.25, -0.2) is 0 Å². The third-order valence-electron chi connectivity index (χ3n) is 7.27. The van der Waals surface area contributed by atoms with Gasteiger partial charge in [0.15, 0.2) is 0 Å². The average Bonchev–Trinajstić information content (AvgIpc) is 3.00. The van der Waals surface area contributed by atoms with E-state index in [0.29, 0.717) is 0 Å². The molecule has 1 heterocycles. The summed E-state index contributed by atoms with van der Waals surface area (Å²) in [5.74, 6) is 0. The Morgan fingerprint density at radius 1 is 0.690 bits per heavy atom. The number of aromatic nitrogens is 1. The molecule has 1 aromatic heterocycles. The Bertz CT molecular complexity index is 1270. The summed E-state index contributed by atoms with van der Waals surface area (Å²) in [6.07, 6.45) is 2.48. The molecule has 0 atom stereocenters. The topological polar surface area (TPSA) is 4.93 Å². The lowest BCUT2D eigenvalue weighted by atomic mass is 9.62. The summed E-state index contributed by atoms with van der Waals surface area (Å²) in [7, 11) is 0. The molecule has 29 heavy (non-hydrogen) atoms. The van der Waals surface area contributed by atoms with Gasteiger partial charge in [0.05, 0.1) is 11.0 Å². The van der Waals surface area contributed by atoms with Crippen molar-refractivity contribution >= 4 is 32.6 Å². The summed E-state index contributed by atoms with van der Waals surface area (Å²) in [6, 6.07) is 18.3. The molecule has 1 aliphatic rings. The standard InChI is InChI=1S/C28H33N/c1-26(2,3)29-24-19-11-9-8-10-18(19)12-13-20(24)21-14-15-22-23(25(21)29)28(6,7)17-16-27(22,4)5/h8-15H,16-17H2,1-7H3. The summed E-state index contributed by atoms with van der Waals surface area (Å²) in [5, 5.41) is 5.47. The largest absolute Gasteiger partial charge is 0.334 e. The molecule has 1 nitrogen and oxygen atoms in total. The highest BCUT2D eigenvalue weighted by Gasteiger charge is 2.40. The average molecular weight is 384 g/mol. The van der Waals surface area contributed by atoms with E-state index in [2.05, 4.69) is 102 Å². The van der Waals surface area contributed by atoms with Crippen LogP contribution < -0.4 is 0 Å². The molecular formula is C28H33N. The number of hydrogen-bond donors (Lipinski definition) is 0. The molecule has 1 aliphatic carbocycles. The fraction of sp³-hybridized carbons (Fsp3) is 0.429. The van der Waals surface area contributed by atoms with E-state index in [-0.39, 0.29) is 16.4 Å². The zero-order valence-electron chi connectivity index (χ0n) is 19.0. The molecule has 0 fully saturated rings. The Balaban J connectivity index is 2.11. The summed E-state index contributed by atoms with van der Waals surface area (Å²) in [4.78, 5) is 0. The monoisotopic (exact) mass is 383 g/mol. The molecule has 0 amide bonds. The van der Waals surface area contributed by atoms with Gasteiger partial charge in [0.25, 0.3) is 0 Å². The van der Waals surface area contributed by atoms with E-state index in [1.165, 1.54) is 45.4 Å². The summed E-state index contributed by atoms with van der Waals surface area (Å²) < 4.78 is 2.65. The molecule has 150 valence electrons. The highest BCUT2D eigenvalue weighted by atomic mass is 15.1. The van der Waals surface area contributed by atoms with Crippen molar-refractivity contribution in [1.29, 1.82) is 0 Å². The van der Waals surface area contributed by atoms with Crippen LogP contribution in [0, 0.1) is 0 Å². The first kappa shape index (κ1) is 18.7. The summed E-state index contributed by atoms with van der Waals surface area (Å²) in [6.45, 7) is 16.8. The van der Waals surface area contributed by atoms with Crippen LogP contribution >= 0.6 is 0 Å². The smallest absolute Gasteiger partial charge is 0.0576 e. The van der Waals surface area contributed by atoms with Crippen molar-refractivity contribution in [1.82, 2.24) is 4.57 Å². The van der Waals surface area contributed by atoms with Crippen LogP contribution in [0.15, 0.2) is 48.5 Å². The molecule has 4 aromatic rings. The molecule has 5 rings (SSSR count). The van der Waals surface area contributed by atoms with Crippen LogP contribution in [-0.4, -0.2) is 4.57 Å². The van der Waals surface area contributed by atoms with E-state index in [0.717, 1.165) is 0 Å². The first-order valence-electron chi connectivity index (χ1n) is 11.0. The molecule has 0 spiro atoms. The molecule has 1 heteroatoms. The summed E-state index contributed by atoms with van der Waals surface area (Å²) in [5.41, 5.74) is 6.35. The Morgan fingerprint density at radius 2 is 1.31 bits per heavy atom. The van der Waals surface area contributed by atoms with Crippen LogP contribution in [0.5, 0.6) is 0 Å². The van der Waals surface area contributed by atoms with Gasteiger partial charge in [-0.2, -0.15) is 0 Å².